The second kappa shape index (κ2) is 12.2. The number of benzene rings is 2. The number of nitrogens with zero attached hydrogens (tertiary/aromatic N) is 5. The first-order valence-corrected chi connectivity index (χ1v) is 14.7. The summed E-state index contributed by atoms with van der Waals surface area (Å²) in [6, 6.07) is 12.3. The minimum atomic E-state index is -0.832. The van der Waals surface area contributed by atoms with E-state index in [1.54, 1.807) is 6.20 Å². The molecule has 0 radical (unpaired) electrons. The Balaban J connectivity index is 1.28. The molecule has 220 valence electrons. The standard InChI is InChI=1S/C30H33ClF2N8O/c31-23-13-20(32)14-24(33)26(23)38-30-37-25-15-35-29(39-28(25)41(30)22-10-8-19(9-11-22)27(34)42)36-21-7-4-12-40(17-21)16-18-5-2-1-3-6-18/h1-3,5-6,13-15,19,21-22H,4,7-12,16-17H2,(H2,34,42)(H,37,38)(H,35,36,39)/t19?,21-,22?/m1/s1. The molecule has 0 unspecified atom stereocenters. The second-order valence-electron chi connectivity index (χ2n) is 11.2. The molecule has 0 bridgehead atoms. The third-order valence-corrected chi connectivity index (χ3v) is 8.53. The molecule has 42 heavy (non-hydrogen) atoms. The van der Waals surface area contributed by atoms with Gasteiger partial charge in [0, 0.05) is 37.2 Å². The number of primary amides is 1. The molecule has 1 aliphatic carbocycles. The molecule has 4 N–H and O–H groups in total. The van der Waals surface area contributed by atoms with Crippen LogP contribution in [0.1, 0.15) is 50.1 Å². The molecule has 2 aromatic heterocycles. The number of anilines is 3. The number of likely N-dealkylation sites (tertiary alicyclic amines) is 1. The molecular weight excluding hydrogens is 562 g/mol. The Bertz CT molecular complexity index is 1550. The predicted molar refractivity (Wildman–Crippen MR) is 159 cm³/mol. The summed E-state index contributed by atoms with van der Waals surface area (Å²) >= 11 is 6.20. The summed E-state index contributed by atoms with van der Waals surface area (Å²) in [6.45, 7) is 2.78. The van der Waals surface area contributed by atoms with Crippen LogP contribution in [-0.2, 0) is 11.3 Å². The first-order chi connectivity index (χ1) is 20.3. The van der Waals surface area contributed by atoms with E-state index in [0.29, 0.717) is 48.7 Å². The lowest BCUT2D eigenvalue weighted by Crippen LogP contribution is -2.41. The SMILES string of the molecule is NC(=O)C1CCC(n2c(Nc3c(F)cc(F)cc3Cl)nc3cnc(N[C@@H]4CCCN(Cc5ccccc5)C4)nc32)CC1. The Labute approximate surface area is 247 Å². The highest BCUT2D eigenvalue weighted by Crippen LogP contribution is 2.38. The van der Waals surface area contributed by atoms with Crippen LogP contribution >= 0.6 is 11.6 Å². The van der Waals surface area contributed by atoms with Crippen LogP contribution in [0.15, 0.2) is 48.7 Å². The van der Waals surface area contributed by atoms with Gasteiger partial charge in [-0.05, 0) is 56.7 Å². The number of fused-ring (bicyclic) bond motifs is 1. The number of carbonyl (C=O) groups is 1. The number of nitrogens with one attached hydrogen (secondary N) is 2. The van der Waals surface area contributed by atoms with Gasteiger partial charge in [0.05, 0.1) is 16.9 Å². The molecule has 1 amide bonds. The molecule has 12 heteroatoms. The lowest BCUT2D eigenvalue weighted by molar-refractivity contribution is -0.122. The van der Waals surface area contributed by atoms with Gasteiger partial charge in [0.1, 0.15) is 11.3 Å². The molecule has 2 aromatic carbocycles. The molecule has 0 spiro atoms. The zero-order valence-electron chi connectivity index (χ0n) is 23.1. The number of aromatic nitrogens is 4. The smallest absolute Gasteiger partial charge is 0.225 e. The van der Waals surface area contributed by atoms with Crippen LogP contribution in [0.3, 0.4) is 0 Å². The van der Waals surface area contributed by atoms with E-state index in [1.807, 2.05) is 10.6 Å². The topological polar surface area (TPSA) is 114 Å². The number of imidazole rings is 1. The van der Waals surface area contributed by atoms with E-state index in [9.17, 15) is 13.6 Å². The van der Waals surface area contributed by atoms with Crippen molar-refractivity contribution in [3.63, 3.8) is 0 Å². The normalized spacial score (nSPS) is 21.4. The van der Waals surface area contributed by atoms with Crippen molar-refractivity contribution >= 4 is 46.3 Å². The number of rotatable bonds is 8. The van der Waals surface area contributed by atoms with Crippen molar-refractivity contribution in [1.82, 2.24) is 24.4 Å². The van der Waals surface area contributed by atoms with E-state index in [2.05, 4.69) is 49.8 Å². The highest BCUT2D eigenvalue weighted by atomic mass is 35.5. The van der Waals surface area contributed by atoms with Crippen molar-refractivity contribution in [1.29, 1.82) is 0 Å². The van der Waals surface area contributed by atoms with Crippen molar-refractivity contribution in [3.05, 3.63) is 70.9 Å². The number of carbonyl (C=O) groups excluding carboxylic acids is 1. The fraction of sp³-hybridized carbons (Fsp3) is 0.400. The van der Waals surface area contributed by atoms with Crippen LogP contribution in [0.4, 0.5) is 26.4 Å². The third-order valence-electron chi connectivity index (χ3n) is 8.23. The number of nitrogens with two attached hydrogens (primary N) is 1. The highest BCUT2D eigenvalue weighted by molar-refractivity contribution is 6.33. The third kappa shape index (κ3) is 6.17. The molecule has 1 atom stereocenters. The van der Waals surface area contributed by atoms with E-state index in [-0.39, 0.29) is 34.6 Å². The van der Waals surface area contributed by atoms with Crippen molar-refractivity contribution in [2.45, 2.75) is 57.2 Å². The van der Waals surface area contributed by atoms with Gasteiger partial charge in [-0.1, -0.05) is 41.9 Å². The summed E-state index contributed by atoms with van der Waals surface area (Å²) in [5.74, 6) is -1.29. The molecule has 1 saturated carbocycles. The van der Waals surface area contributed by atoms with Crippen LogP contribution in [0.2, 0.25) is 5.02 Å². The Morgan fingerprint density at radius 1 is 1.07 bits per heavy atom. The number of amides is 1. The number of hydrogen-bond donors (Lipinski definition) is 3. The Morgan fingerprint density at radius 3 is 2.60 bits per heavy atom. The largest absolute Gasteiger partial charge is 0.369 e. The zero-order chi connectivity index (χ0) is 29.2. The predicted octanol–water partition coefficient (Wildman–Crippen LogP) is 5.79. The lowest BCUT2D eigenvalue weighted by Gasteiger charge is -2.33. The van der Waals surface area contributed by atoms with E-state index < -0.39 is 11.6 Å². The van der Waals surface area contributed by atoms with Crippen molar-refractivity contribution in [2.24, 2.45) is 11.7 Å². The molecule has 2 fully saturated rings. The summed E-state index contributed by atoms with van der Waals surface area (Å²) in [5.41, 5.74) is 7.87. The molecule has 6 rings (SSSR count). The van der Waals surface area contributed by atoms with Gasteiger partial charge in [0.15, 0.2) is 11.5 Å². The summed E-state index contributed by atoms with van der Waals surface area (Å²) in [5, 5.41) is 6.39. The summed E-state index contributed by atoms with van der Waals surface area (Å²) < 4.78 is 30.4. The van der Waals surface area contributed by atoms with E-state index in [1.165, 1.54) is 5.56 Å². The molecule has 2 aliphatic rings. The van der Waals surface area contributed by atoms with Crippen molar-refractivity contribution in [3.8, 4) is 0 Å². The highest BCUT2D eigenvalue weighted by Gasteiger charge is 2.30. The fourth-order valence-electron chi connectivity index (χ4n) is 6.13. The average Bonchev–Trinajstić information content (AvgIpc) is 3.33. The first kappa shape index (κ1) is 28.3. The van der Waals surface area contributed by atoms with Crippen LogP contribution in [-0.4, -0.2) is 49.5 Å². The maximum absolute atomic E-state index is 14.7. The van der Waals surface area contributed by atoms with Gasteiger partial charge in [0.25, 0.3) is 0 Å². The minimum absolute atomic E-state index is 0.0748. The van der Waals surface area contributed by atoms with Crippen LogP contribution in [0.5, 0.6) is 0 Å². The molecule has 9 nitrogen and oxygen atoms in total. The van der Waals surface area contributed by atoms with Gasteiger partial charge >= 0.3 is 0 Å². The van der Waals surface area contributed by atoms with E-state index in [4.69, 9.17) is 22.3 Å². The van der Waals surface area contributed by atoms with Gasteiger partial charge in [-0.25, -0.2) is 18.7 Å². The zero-order valence-corrected chi connectivity index (χ0v) is 23.8. The molecule has 1 aliphatic heterocycles. The maximum Gasteiger partial charge on any atom is 0.225 e. The van der Waals surface area contributed by atoms with Gasteiger partial charge in [-0.2, -0.15) is 4.98 Å². The molecular formula is C30H33ClF2N8O. The molecule has 4 aromatic rings. The Morgan fingerprint density at radius 2 is 1.86 bits per heavy atom. The number of hydrogen-bond acceptors (Lipinski definition) is 7. The average molecular weight is 595 g/mol. The van der Waals surface area contributed by atoms with Gasteiger partial charge in [-0.15, -0.1) is 0 Å². The van der Waals surface area contributed by atoms with Crippen LogP contribution < -0.4 is 16.4 Å². The summed E-state index contributed by atoms with van der Waals surface area (Å²) in [6.07, 6.45) is 6.29. The minimum Gasteiger partial charge on any atom is -0.369 e. The molecule has 3 heterocycles. The summed E-state index contributed by atoms with van der Waals surface area (Å²) in [7, 11) is 0. The quantitative estimate of drug-likeness (QED) is 0.236. The van der Waals surface area contributed by atoms with Crippen molar-refractivity contribution in [2.75, 3.05) is 23.7 Å². The maximum atomic E-state index is 14.7. The Kier molecular flexibility index (Phi) is 8.21. The fourth-order valence-corrected chi connectivity index (χ4v) is 6.37. The van der Waals surface area contributed by atoms with Gasteiger partial charge < -0.3 is 16.4 Å². The van der Waals surface area contributed by atoms with Crippen LogP contribution in [0.25, 0.3) is 11.2 Å². The lowest BCUT2D eigenvalue weighted by atomic mass is 9.85. The van der Waals surface area contributed by atoms with Crippen molar-refractivity contribution < 1.29 is 13.6 Å². The first-order valence-electron chi connectivity index (χ1n) is 14.3. The van der Waals surface area contributed by atoms with E-state index in [0.717, 1.165) is 44.6 Å². The molecule has 1 saturated heterocycles. The van der Waals surface area contributed by atoms with Gasteiger partial charge in [0.2, 0.25) is 17.8 Å². The van der Waals surface area contributed by atoms with Crippen LogP contribution in [0, 0.1) is 17.6 Å². The number of piperidine rings is 1. The Hall–Kier alpha value is -3.83. The van der Waals surface area contributed by atoms with Gasteiger partial charge in [-0.3, -0.25) is 14.3 Å². The monoisotopic (exact) mass is 594 g/mol. The van der Waals surface area contributed by atoms with E-state index >= 15 is 0 Å². The summed E-state index contributed by atoms with van der Waals surface area (Å²) in [4.78, 5) is 28.3. The number of halogens is 3. The second-order valence-corrected chi connectivity index (χ2v) is 11.6.